The van der Waals surface area contributed by atoms with Gasteiger partial charge < -0.3 is 4.74 Å². The first-order chi connectivity index (χ1) is 10.6. The summed E-state index contributed by atoms with van der Waals surface area (Å²) in [6, 6.07) is 0. The number of ether oxygens (including phenoxy) is 1. The molecule has 0 radical (unpaired) electrons. The molecule has 1 fully saturated rings. The Morgan fingerprint density at radius 3 is 2.77 bits per heavy atom. The van der Waals surface area contributed by atoms with Crippen LogP contribution in [0.25, 0.3) is 0 Å². The van der Waals surface area contributed by atoms with Gasteiger partial charge in [-0.3, -0.25) is 9.98 Å². The summed E-state index contributed by atoms with van der Waals surface area (Å²) >= 11 is 0. The maximum atomic E-state index is 10.8. The summed E-state index contributed by atoms with van der Waals surface area (Å²) < 4.78 is 4.45. The van der Waals surface area contributed by atoms with Crippen molar-refractivity contribution in [3.05, 3.63) is 48.9 Å². The molecule has 22 heavy (non-hydrogen) atoms. The van der Waals surface area contributed by atoms with Crippen molar-refractivity contribution in [1.82, 2.24) is 0 Å². The highest BCUT2D eigenvalue weighted by molar-refractivity contribution is 5.81. The Labute approximate surface area is 132 Å². The molecule has 4 heteroatoms. The first-order valence-electron chi connectivity index (χ1n) is 7.47. The van der Waals surface area contributed by atoms with Gasteiger partial charge in [0.2, 0.25) is 0 Å². The number of rotatable bonds is 10. The molecule has 1 aliphatic carbocycles. The van der Waals surface area contributed by atoms with Crippen molar-refractivity contribution < 1.29 is 9.53 Å². The molecule has 0 aliphatic heterocycles. The third-order valence-corrected chi connectivity index (χ3v) is 3.16. The molecule has 1 rings (SSSR count). The number of aliphatic imine (C=N–C) groups is 2. The SMILES string of the molecule is C=C(CCC/C=N/C=C/C(=O)OC)/N=C/C=C\C(=C)C1CC1. The highest BCUT2D eigenvalue weighted by Crippen LogP contribution is 2.35. The van der Waals surface area contributed by atoms with Crippen LogP contribution in [0.15, 0.2) is 58.8 Å². The van der Waals surface area contributed by atoms with Crippen molar-refractivity contribution >= 4 is 18.4 Å². The molecule has 0 aromatic rings. The molecule has 1 aliphatic rings. The largest absolute Gasteiger partial charge is 0.466 e. The third kappa shape index (κ3) is 8.84. The summed E-state index contributed by atoms with van der Waals surface area (Å²) in [6.07, 6.45) is 15.3. The third-order valence-electron chi connectivity index (χ3n) is 3.16. The van der Waals surface area contributed by atoms with E-state index in [-0.39, 0.29) is 0 Å². The molecule has 0 bridgehead atoms. The second-order valence-corrected chi connectivity index (χ2v) is 5.12. The van der Waals surface area contributed by atoms with Gasteiger partial charge in [-0.1, -0.05) is 24.8 Å². The number of allylic oxidation sites excluding steroid dienone is 4. The molecular formula is C18H24N2O2. The normalized spacial score (nSPS) is 15.3. The number of unbranched alkanes of at least 4 members (excludes halogenated alkanes) is 1. The van der Waals surface area contributed by atoms with E-state index in [0.717, 1.165) is 25.0 Å². The second-order valence-electron chi connectivity index (χ2n) is 5.12. The van der Waals surface area contributed by atoms with Crippen LogP contribution in [-0.4, -0.2) is 25.5 Å². The number of hydrogen-bond donors (Lipinski definition) is 0. The van der Waals surface area contributed by atoms with Crippen LogP contribution in [0.3, 0.4) is 0 Å². The van der Waals surface area contributed by atoms with E-state index < -0.39 is 5.97 Å². The van der Waals surface area contributed by atoms with Gasteiger partial charge in [0.25, 0.3) is 0 Å². The number of carbonyl (C=O) groups excluding carboxylic acids is 1. The van der Waals surface area contributed by atoms with E-state index in [1.807, 2.05) is 12.2 Å². The van der Waals surface area contributed by atoms with Crippen LogP contribution in [0.1, 0.15) is 32.1 Å². The average Bonchev–Trinajstić information content (AvgIpc) is 3.34. The topological polar surface area (TPSA) is 51.0 Å². The van der Waals surface area contributed by atoms with Crippen LogP contribution in [0.5, 0.6) is 0 Å². The highest BCUT2D eigenvalue weighted by Gasteiger charge is 2.22. The number of methoxy groups -OCH3 is 1. The molecule has 118 valence electrons. The van der Waals surface area contributed by atoms with Crippen LogP contribution in [0, 0.1) is 5.92 Å². The van der Waals surface area contributed by atoms with Crippen LogP contribution < -0.4 is 0 Å². The monoisotopic (exact) mass is 300 g/mol. The van der Waals surface area contributed by atoms with E-state index in [2.05, 4.69) is 27.9 Å². The molecular weight excluding hydrogens is 276 g/mol. The van der Waals surface area contributed by atoms with E-state index >= 15 is 0 Å². The lowest BCUT2D eigenvalue weighted by Crippen LogP contribution is -1.92. The predicted octanol–water partition coefficient (Wildman–Crippen LogP) is 4.02. The predicted molar refractivity (Wildman–Crippen MR) is 92.1 cm³/mol. The maximum absolute atomic E-state index is 10.8. The van der Waals surface area contributed by atoms with Gasteiger partial charge in [0.1, 0.15) is 0 Å². The minimum Gasteiger partial charge on any atom is -0.466 e. The summed E-state index contributed by atoms with van der Waals surface area (Å²) in [5.41, 5.74) is 2.04. The van der Waals surface area contributed by atoms with Gasteiger partial charge in [-0.15, -0.1) is 0 Å². The molecule has 4 nitrogen and oxygen atoms in total. The van der Waals surface area contributed by atoms with E-state index in [0.29, 0.717) is 5.92 Å². The molecule has 0 heterocycles. The summed E-state index contributed by atoms with van der Waals surface area (Å²) in [6.45, 7) is 7.93. The zero-order valence-corrected chi connectivity index (χ0v) is 13.2. The lowest BCUT2D eigenvalue weighted by atomic mass is 10.2. The van der Waals surface area contributed by atoms with Crippen molar-refractivity contribution in [2.75, 3.05) is 7.11 Å². The first-order valence-corrected chi connectivity index (χ1v) is 7.47. The second kappa shape index (κ2) is 10.5. The molecule has 0 atom stereocenters. The molecule has 1 saturated carbocycles. The van der Waals surface area contributed by atoms with Crippen molar-refractivity contribution in [2.24, 2.45) is 15.9 Å². The highest BCUT2D eigenvalue weighted by atomic mass is 16.5. The minimum absolute atomic E-state index is 0.405. The number of hydrogen-bond acceptors (Lipinski definition) is 4. The Kier molecular flexibility index (Phi) is 8.50. The fourth-order valence-corrected chi connectivity index (χ4v) is 1.67. The number of nitrogens with zero attached hydrogens (tertiary/aromatic N) is 2. The van der Waals surface area contributed by atoms with E-state index in [4.69, 9.17) is 0 Å². The Hall–Kier alpha value is -2.23. The van der Waals surface area contributed by atoms with Crippen LogP contribution in [-0.2, 0) is 9.53 Å². The molecule has 0 unspecified atom stereocenters. The van der Waals surface area contributed by atoms with Gasteiger partial charge >= 0.3 is 5.97 Å². The molecule has 0 amide bonds. The van der Waals surface area contributed by atoms with Gasteiger partial charge in [-0.2, -0.15) is 0 Å². The Balaban J connectivity index is 2.09. The quantitative estimate of drug-likeness (QED) is 0.201. The van der Waals surface area contributed by atoms with Crippen molar-refractivity contribution in [2.45, 2.75) is 32.1 Å². The number of carbonyl (C=O) groups is 1. The van der Waals surface area contributed by atoms with Crippen molar-refractivity contribution in [3.63, 3.8) is 0 Å². The molecule has 0 aromatic carbocycles. The smallest absolute Gasteiger partial charge is 0.332 e. The Morgan fingerprint density at radius 1 is 1.32 bits per heavy atom. The van der Waals surface area contributed by atoms with E-state index in [9.17, 15) is 4.79 Å². The average molecular weight is 300 g/mol. The summed E-state index contributed by atoms with van der Waals surface area (Å²) in [7, 11) is 1.33. The fraction of sp³-hybridized carbons (Fsp3) is 0.389. The first kappa shape index (κ1) is 17.8. The van der Waals surface area contributed by atoms with E-state index in [1.165, 1.54) is 37.8 Å². The van der Waals surface area contributed by atoms with Crippen LogP contribution in [0.4, 0.5) is 0 Å². The zero-order chi connectivity index (χ0) is 16.2. The van der Waals surface area contributed by atoms with Crippen LogP contribution >= 0.6 is 0 Å². The van der Waals surface area contributed by atoms with Gasteiger partial charge in [-0.05, 0) is 44.1 Å². The Morgan fingerprint density at radius 2 is 2.09 bits per heavy atom. The minimum atomic E-state index is -0.405. The van der Waals surface area contributed by atoms with Gasteiger partial charge in [0, 0.05) is 30.4 Å². The van der Waals surface area contributed by atoms with Gasteiger partial charge in [0.15, 0.2) is 0 Å². The van der Waals surface area contributed by atoms with Gasteiger partial charge in [-0.25, -0.2) is 4.79 Å². The molecule has 0 aromatic heterocycles. The molecule has 0 N–H and O–H groups in total. The fourth-order valence-electron chi connectivity index (χ4n) is 1.67. The summed E-state index contributed by atoms with van der Waals surface area (Å²) in [5.74, 6) is 0.289. The number of esters is 1. The molecule has 0 saturated heterocycles. The molecule has 0 spiro atoms. The summed E-state index contributed by atoms with van der Waals surface area (Å²) in [5, 5.41) is 0. The zero-order valence-electron chi connectivity index (χ0n) is 13.2. The maximum Gasteiger partial charge on any atom is 0.332 e. The lowest BCUT2D eigenvalue weighted by Gasteiger charge is -1.96. The van der Waals surface area contributed by atoms with Crippen molar-refractivity contribution in [3.8, 4) is 0 Å². The van der Waals surface area contributed by atoms with E-state index in [1.54, 1.807) is 12.4 Å². The van der Waals surface area contributed by atoms with Crippen LogP contribution in [0.2, 0.25) is 0 Å². The standard InChI is InChI=1S/C18H24N2O2/c1-15(17-9-10-17)7-6-13-20-16(2)8-4-5-12-19-14-11-18(21)22-3/h6-7,11-14,17H,1-2,4-5,8-10H2,3H3/b7-6-,14-11+,19-12+,20-13+. The summed E-state index contributed by atoms with van der Waals surface area (Å²) in [4.78, 5) is 19.0. The Bertz CT molecular complexity index is 509. The van der Waals surface area contributed by atoms with Crippen molar-refractivity contribution in [1.29, 1.82) is 0 Å². The van der Waals surface area contributed by atoms with Gasteiger partial charge in [0.05, 0.1) is 7.11 Å². The lowest BCUT2D eigenvalue weighted by molar-refractivity contribution is -0.134.